The maximum atomic E-state index is 11.9. The van der Waals surface area contributed by atoms with Crippen LogP contribution in [-0.2, 0) is 11.3 Å². The van der Waals surface area contributed by atoms with Gasteiger partial charge in [-0.05, 0) is 26.0 Å². The summed E-state index contributed by atoms with van der Waals surface area (Å²) in [5.74, 6) is 0.119. The Morgan fingerprint density at radius 2 is 2.15 bits per heavy atom. The number of amides is 2. The van der Waals surface area contributed by atoms with Gasteiger partial charge in [-0.1, -0.05) is 0 Å². The summed E-state index contributed by atoms with van der Waals surface area (Å²) in [6, 6.07) is 3.51. The van der Waals surface area contributed by atoms with Gasteiger partial charge >= 0.3 is 0 Å². The van der Waals surface area contributed by atoms with Gasteiger partial charge in [0.15, 0.2) is 0 Å². The predicted molar refractivity (Wildman–Crippen MR) is 74.5 cm³/mol. The van der Waals surface area contributed by atoms with E-state index in [2.05, 4.69) is 15.6 Å². The van der Waals surface area contributed by atoms with Gasteiger partial charge in [0, 0.05) is 0 Å². The minimum absolute atomic E-state index is 0.0735. The molecule has 0 bridgehead atoms. The molecule has 0 saturated carbocycles. The van der Waals surface area contributed by atoms with Crippen LogP contribution in [0, 0.1) is 13.8 Å². The summed E-state index contributed by atoms with van der Waals surface area (Å²) >= 11 is 1.32. The second kappa shape index (κ2) is 6.33. The highest BCUT2D eigenvalue weighted by molar-refractivity contribution is 7.13. The third-order valence-electron chi connectivity index (χ3n) is 2.56. The highest BCUT2D eigenvalue weighted by Gasteiger charge is 2.14. The average molecular weight is 293 g/mol. The molecule has 20 heavy (non-hydrogen) atoms. The molecule has 0 aliphatic carbocycles. The lowest BCUT2D eigenvalue weighted by Crippen LogP contribution is -2.36. The average Bonchev–Trinajstić information content (AvgIpc) is 3.03. The number of aryl methyl sites for hydroxylation is 2. The topological polar surface area (TPSA) is 84.2 Å². The molecule has 0 spiro atoms. The first kappa shape index (κ1) is 14.3. The van der Waals surface area contributed by atoms with Crippen molar-refractivity contribution in [2.75, 3.05) is 6.54 Å². The van der Waals surface area contributed by atoms with Gasteiger partial charge in [0.05, 0.1) is 30.1 Å². The molecular formula is C13H15N3O3S. The summed E-state index contributed by atoms with van der Waals surface area (Å²) in [6.07, 6.45) is 1.54. The van der Waals surface area contributed by atoms with Crippen LogP contribution in [0.15, 0.2) is 22.8 Å². The van der Waals surface area contributed by atoms with E-state index >= 15 is 0 Å². The fourth-order valence-corrected chi connectivity index (χ4v) is 2.48. The molecule has 0 saturated heterocycles. The fraction of sp³-hybridized carbons (Fsp3) is 0.308. The minimum Gasteiger partial charge on any atom is -0.467 e. The number of nitrogens with zero attached hydrogens (tertiary/aromatic N) is 1. The third kappa shape index (κ3) is 3.67. The lowest BCUT2D eigenvalue weighted by atomic mass is 10.3. The van der Waals surface area contributed by atoms with Gasteiger partial charge in [-0.15, -0.1) is 11.3 Å². The molecule has 2 heterocycles. The number of hydrogen-bond acceptors (Lipinski definition) is 5. The van der Waals surface area contributed by atoms with Gasteiger partial charge in [0.1, 0.15) is 10.6 Å². The summed E-state index contributed by atoms with van der Waals surface area (Å²) in [4.78, 5) is 28.2. The van der Waals surface area contributed by atoms with Crippen molar-refractivity contribution in [3.63, 3.8) is 0 Å². The van der Waals surface area contributed by atoms with E-state index in [1.165, 1.54) is 17.6 Å². The zero-order valence-corrected chi connectivity index (χ0v) is 12.0. The van der Waals surface area contributed by atoms with Crippen LogP contribution >= 0.6 is 11.3 Å². The van der Waals surface area contributed by atoms with Crippen molar-refractivity contribution in [3.8, 4) is 0 Å². The SMILES string of the molecule is Cc1nc(C)c(C(=O)NCC(=O)NCc2ccco2)s1. The highest BCUT2D eigenvalue weighted by Crippen LogP contribution is 2.16. The summed E-state index contributed by atoms with van der Waals surface area (Å²) in [6.45, 7) is 3.84. The van der Waals surface area contributed by atoms with Crippen LogP contribution in [0.4, 0.5) is 0 Å². The molecule has 0 unspecified atom stereocenters. The van der Waals surface area contributed by atoms with Crippen molar-refractivity contribution >= 4 is 23.2 Å². The molecule has 2 amide bonds. The molecule has 0 radical (unpaired) electrons. The van der Waals surface area contributed by atoms with Crippen LogP contribution in [0.2, 0.25) is 0 Å². The number of carbonyl (C=O) groups is 2. The molecule has 6 nitrogen and oxygen atoms in total. The van der Waals surface area contributed by atoms with Gasteiger partial charge in [0.25, 0.3) is 5.91 Å². The summed E-state index contributed by atoms with van der Waals surface area (Å²) in [5, 5.41) is 6.05. The molecule has 0 fully saturated rings. The van der Waals surface area contributed by atoms with Crippen molar-refractivity contribution in [1.29, 1.82) is 0 Å². The maximum Gasteiger partial charge on any atom is 0.263 e. The number of aromatic nitrogens is 1. The molecule has 2 aromatic rings. The standard InChI is InChI=1S/C13H15N3O3S/c1-8-12(20-9(2)16-8)13(18)15-7-11(17)14-6-10-4-3-5-19-10/h3-5H,6-7H2,1-2H3,(H,14,17)(H,15,18). The van der Waals surface area contributed by atoms with Gasteiger partial charge in [0.2, 0.25) is 5.91 Å². The number of furan rings is 1. The number of hydrogen-bond donors (Lipinski definition) is 2. The first-order valence-electron chi connectivity index (χ1n) is 6.07. The third-order valence-corrected chi connectivity index (χ3v) is 3.63. The highest BCUT2D eigenvalue weighted by atomic mass is 32.1. The number of carbonyl (C=O) groups excluding carboxylic acids is 2. The van der Waals surface area contributed by atoms with E-state index in [-0.39, 0.29) is 18.4 Å². The van der Waals surface area contributed by atoms with Crippen molar-refractivity contribution in [1.82, 2.24) is 15.6 Å². The molecule has 0 atom stereocenters. The van der Waals surface area contributed by atoms with Crippen molar-refractivity contribution in [2.24, 2.45) is 0 Å². The van der Waals surface area contributed by atoms with Crippen LogP contribution in [0.5, 0.6) is 0 Å². The Morgan fingerprint density at radius 1 is 1.35 bits per heavy atom. The second-order valence-corrected chi connectivity index (χ2v) is 5.39. The quantitative estimate of drug-likeness (QED) is 0.872. The Hall–Kier alpha value is -2.15. The van der Waals surface area contributed by atoms with Crippen molar-refractivity contribution in [3.05, 3.63) is 39.7 Å². The van der Waals surface area contributed by atoms with Crippen molar-refractivity contribution < 1.29 is 14.0 Å². The lowest BCUT2D eigenvalue weighted by Gasteiger charge is -2.05. The largest absolute Gasteiger partial charge is 0.467 e. The minimum atomic E-state index is -0.277. The van der Waals surface area contributed by atoms with E-state index in [0.717, 1.165) is 5.01 Å². The lowest BCUT2D eigenvalue weighted by molar-refractivity contribution is -0.120. The molecule has 0 aliphatic rings. The van der Waals surface area contributed by atoms with Crippen LogP contribution < -0.4 is 10.6 Å². The Kier molecular flexibility index (Phi) is 4.52. The monoisotopic (exact) mass is 293 g/mol. The zero-order chi connectivity index (χ0) is 14.5. The van der Waals surface area contributed by atoms with Crippen LogP contribution in [0.3, 0.4) is 0 Å². The molecule has 7 heteroatoms. The van der Waals surface area contributed by atoms with Gasteiger partial charge in [-0.3, -0.25) is 9.59 Å². The molecule has 2 rings (SSSR count). The van der Waals surface area contributed by atoms with Gasteiger partial charge in [-0.25, -0.2) is 4.98 Å². The molecular weight excluding hydrogens is 278 g/mol. The Labute approximate surface area is 120 Å². The van der Waals surface area contributed by atoms with E-state index in [1.807, 2.05) is 6.92 Å². The summed E-state index contributed by atoms with van der Waals surface area (Å²) in [5.41, 5.74) is 0.681. The first-order chi connectivity index (χ1) is 9.56. The number of nitrogens with one attached hydrogen (secondary N) is 2. The first-order valence-corrected chi connectivity index (χ1v) is 6.89. The van der Waals surface area contributed by atoms with E-state index < -0.39 is 0 Å². The molecule has 0 aliphatic heterocycles. The van der Waals surface area contributed by atoms with E-state index in [4.69, 9.17) is 4.42 Å². The summed E-state index contributed by atoms with van der Waals surface area (Å²) < 4.78 is 5.09. The number of rotatable bonds is 5. The molecule has 0 aromatic carbocycles. The molecule has 106 valence electrons. The smallest absolute Gasteiger partial charge is 0.263 e. The predicted octanol–water partition coefficient (Wildman–Crippen LogP) is 1.40. The molecule has 2 aromatic heterocycles. The zero-order valence-electron chi connectivity index (χ0n) is 11.2. The summed E-state index contributed by atoms with van der Waals surface area (Å²) in [7, 11) is 0. The molecule has 2 N–H and O–H groups in total. The number of thiazole rings is 1. The van der Waals surface area contributed by atoms with Crippen LogP contribution in [0.1, 0.15) is 26.1 Å². The van der Waals surface area contributed by atoms with Crippen LogP contribution in [-0.4, -0.2) is 23.3 Å². The fourth-order valence-electron chi connectivity index (χ4n) is 1.64. The van der Waals surface area contributed by atoms with E-state index in [1.54, 1.807) is 19.1 Å². The van der Waals surface area contributed by atoms with Gasteiger partial charge in [-0.2, -0.15) is 0 Å². The van der Waals surface area contributed by atoms with E-state index in [9.17, 15) is 9.59 Å². The Morgan fingerprint density at radius 3 is 2.75 bits per heavy atom. The van der Waals surface area contributed by atoms with Crippen LogP contribution in [0.25, 0.3) is 0 Å². The Bertz CT molecular complexity index is 604. The van der Waals surface area contributed by atoms with Gasteiger partial charge < -0.3 is 15.1 Å². The van der Waals surface area contributed by atoms with E-state index in [0.29, 0.717) is 22.9 Å². The van der Waals surface area contributed by atoms with Crippen molar-refractivity contribution in [2.45, 2.75) is 20.4 Å². The second-order valence-electron chi connectivity index (χ2n) is 4.19. The Balaban J connectivity index is 1.78. The maximum absolute atomic E-state index is 11.9. The normalized spacial score (nSPS) is 10.3.